The van der Waals surface area contributed by atoms with Crippen LogP contribution in [0, 0.1) is 0 Å². The van der Waals surface area contributed by atoms with Crippen LogP contribution in [0.5, 0.6) is 0 Å². The molecule has 0 fully saturated rings. The first-order valence-corrected chi connectivity index (χ1v) is 14.4. The van der Waals surface area contributed by atoms with Crippen molar-refractivity contribution >= 4 is 73.9 Å². The third-order valence-corrected chi connectivity index (χ3v) is 8.68. The van der Waals surface area contributed by atoms with Crippen molar-refractivity contribution in [3.05, 3.63) is 92.4 Å². The lowest BCUT2D eigenvalue weighted by molar-refractivity contribution is -0.140. The molecule has 2 amide bonds. The number of nitrogens with one attached hydrogen (secondary N) is 1. The molecule has 3 aromatic carbocycles. The van der Waals surface area contributed by atoms with Gasteiger partial charge in [0.25, 0.3) is 10.0 Å². The summed E-state index contributed by atoms with van der Waals surface area (Å²) in [6, 6.07) is 15.9. The average molecular weight is 617 g/mol. The van der Waals surface area contributed by atoms with Crippen LogP contribution in [0.15, 0.2) is 71.6 Å². The van der Waals surface area contributed by atoms with Gasteiger partial charge in [-0.1, -0.05) is 77.6 Å². The first-order valence-electron chi connectivity index (χ1n) is 11.5. The van der Waals surface area contributed by atoms with E-state index in [0.29, 0.717) is 10.6 Å². The number of sulfonamides is 1. The lowest BCUT2D eigenvalue weighted by Crippen LogP contribution is -2.51. The summed E-state index contributed by atoms with van der Waals surface area (Å²) < 4.78 is 28.4. The Morgan fingerprint density at radius 3 is 2.08 bits per heavy atom. The minimum Gasteiger partial charge on any atom is -0.357 e. The van der Waals surface area contributed by atoms with Crippen LogP contribution in [0.3, 0.4) is 0 Å². The molecule has 0 aliphatic carbocycles. The standard InChI is InChI=1S/C26H25Cl4N3O4S/c1-3-24(26(35)31-2)32(15-17-9-10-22(29)23(30)11-17)25(34)16-33(20-13-18(27)12-19(28)14-20)38(36,37)21-7-5-4-6-8-21/h4-14,24H,3,15-16H2,1-2H3,(H,31,35)/t24-/m1/s1. The number of carbonyl (C=O) groups excluding carboxylic acids is 2. The zero-order chi connectivity index (χ0) is 28.0. The number of benzene rings is 3. The number of carbonyl (C=O) groups is 2. The second kappa shape index (κ2) is 13.0. The van der Waals surface area contributed by atoms with Crippen molar-refractivity contribution in [2.24, 2.45) is 0 Å². The molecule has 1 N–H and O–H groups in total. The number of halogens is 4. The molecule has 3 rings (SSSR count). The number of likely N-dealkylation sites (N-methyl/N-ethyl adjacent to an activating group) is 1. The number of nitrogens with zero attached hydrogens (tertiary/aromatic N) is 2. The van der Waals surface area contributed by atoms with Gasteiger partial charge in [0, 0.05) is 23.6 Å². The minimum absolute atomic E-state index is 0.0167. The number of rotatable bonds is 10. The summed E-state index contributed by atoms with van der Waals surface area (Å²) in [5.74, 6) is -1.02. The van der Waals surface area contributed by atoms with E-state index in [1.165, 1.54) is 42.3 Å². The predicted octanol–water partition coefficient (Wildman–Crippen LogP) is 6.05. The molecule has 0 bridgehead atoms. The van der Waals surface area contributed by atoms with E-state index in [1.54, 1.807) is 43.3 Å². The van der Waals surface area contributed by atoms with Crippen LogP contribution < -0.4 is 9.62 Å². The summed E-state index contributed by atoms with van der Waals surface area (Å²) in [7, 11) is -2.76. The van der Waals surface area contributed by atoms with Gasteiger partial charge in [0.1, 0.15) is 12.6 Å². The SMILES string of the molecule is CC[C@H](C(=O)NC)N(Cc1ccc(Cl)c(Cl)c1)C(=O)CN(c1cc(Cl)cc(Cl)c1)S(=O)(=O)c1ccccc1. The highest BCUT2D eigenvalue weighted by molar-refractivity contribution is 7.92. The Balaban J connectivity index is 2.09. The topological polar surface area (TPSA) is 86.8 Å². The molecule has 0 saturated carbocycles. The maximum Gasteiger partial charge on any atom is 0.264 e. The van der Waals surface area contributed by atoms with E-state index in [4.69, 9.17) is 46.4 Å². The number of hydrogen-bond acceptors (Lipinski definition) is 4. The van der Waals surface area contributed by atoms with Gasteiger partial charge in [-0.15, -0.1) is 0 Å². The molecule has 0 aliphatic rings. The Hall–Kier alpha value is -2.49. The summed E-state index contributed by atoms with van der Waals surface area (Å²) >= 11 is 24.6. The molecule has 0 aliphatic heterocycles. The average Bonchev–Trinajstić information content (AvgIpc) is 2.88. The van der Waals surface area contributed by atoms with E-state index in [-0.39, 0.29) is 38.6 Å². The van der Waals surface area contributed by atoms with Gasteiger partial charge in [-0.3, -0.25) is 13.9 Å². The molecule has 0 saturated heterocycles. The minimum atomic E-state index is -4.23. The van der Waals surface area contributed by atoms with Crippen LogP contribution in [0.2, 0.25) is 20.1 Å². The normalized spacial score (nSPS) is 12.1. The molecule has 1 atom stereocenters. The summed E-state index contributed by atoms with van der Waals surface area (Å²) in [6.45, 7) is 1.12. The fraction of sp³-hybridized carbons (Fsp3) is 0.231. The van der Waals surface area contributed by atoms with Gasteiger partial charge in [-0.05, 0) is 54.4 Å². The zero-order valence-corrected chi connectivity index (χ0v) is 24.3. The first-order chi connectivity index (χ1) is 18.0. The lowest BCUT2D eigenvalue weighted by atomic mass is 10.1. The van der Waals surface area contributed by atoms with Crippen molar-refractivity contribution in [3.8, 4) is 0 Å². The van der Waals surface area contributed by atoms with Crippen LogP contribution in [0.25, 0.3) is 0 Å². The highest BCUT2D eigenvalue weighted by Crippen LogP contribution is 2.30. The highest BCUT2D eigenvalue weighted by Gasteiger charge is 2.33. The third kappa shape index (κ3) is 7.12. The van der Waals surface area contributed by atoms with E-state index >= 15 is 0 Å². The van der Waals surface area contributed by atoms with Crippen LogP contribution in [0.1, 0.15) is 18.9 Å². The predicted molar refractivity (Wildman–Crippen MR) is 153 cm³/mol. The monoisotopic (exact) mass is 615 g/mol. The number of amides is 2. The quantitative estimate of drug-likeness (QED) is 0.300. The summed E-state index contributed by atoms with van der Waals surface area (Å²) in [6.07, 6.45) is 0.279. The van der Waals surface area contributed by atoms with Crippen LogP contribution in [-0.4, -0.2) is 44.8 Å². The van der Waals surface area contributed by atoms with Gasteiger partial charge < -0.3 is 10.2 Å². The van der Waals surface area contributed by atoms with E-state index in [1.807, 2.05) is 0 Å². The van der Waals surface area contributed by atoms with Gasteiger partial charge in [-0.2, -0.15) is 0 Å². The number of hydrogen-bond donors (Lipinski definition) is 1. The van der Waals surface area contributed by atoms with E-state index in [0.717, 1.165) is 4.31 Å². The van der Waals surface area contributed by atoms with E-state index in [2.05, 4.69) is 5.32 Å². The van der Waals surface area contributed by atoms with Crippen molar-refractivity contribution in [1.29, 1.82) is 0 Å². The molecular formula is C26H25Cl4N3O4S. The first kappa shape index (κ1) is 30.1. The van der Waals surface area contributed by atoms with Crippen LogP contribution >= 0.6 is 46.4 Å². The fourth-order valence-corrected chi connectivity index (χ4v) is 6.11. The van der Waals surface area contributed by atoms with Crippen LogP contribution in [0.4, 0.5) is 5.69 Å². The molecule has 0 unspecified atom stereocenters. The molecule has 3 aromatic rings. The molecule has 12 heteroatoms. The number of anilines is 1. The molecule has 0 aromatic heterocycles. The molecule has 0 radical (unpaired) electrons. The van der Waals surface area contributed by atoms with E-state index in [9.17, 15) is 18.0 Å². The van der Waals surface area contributed by atoms with Gasteiger partial charge in [0.05, 0.1) is 20.6 Å². The summed E-state index contributed by atoms with van der Waals surface area (Å²) in [4.78, 5) is 27.9. The Labute approximate surface area is 242 Å². The van der Waals surface area contributed by atoms with Crippen molar-refractivity contribution < 1.29 is 18.0 Å². The van der Waals surface area contributed by atoms with Gasteiger partial charge in [0.15, 0.2) is 0 Å². The van der Waals surface area contributed by atoms with Crippen LogP contribution in [-0.2, 0) is 26.2 Å². The lowest BCUT2D eigenvalue weighted by Gasteiger charge is -2.33. The smallest absolute Gasteiger partial charge is 0.264 e. The Morgan fingerprint density at radius 2 is 1.53 bits per heavy atom. The fourth-order valence-electron chi connectivity index (χ4n) is 3.85. The second-order valence-corrected chi connectivity index (χ2v) is 11.8. The Kier molecular flexibility index (Phi) is 10.3. The molecule has 38 heavy (non-hydrogen) atoms. The Morgan fingerprint density at radius 1 is 0.895 bits per heavy atom. The van der Waals surface area contributed by atoms with Crippen molar-refractivity contribution in [3.63, 3.8) is 0 Å². The molecular weight excluding hydrogens is 592 g/mol. The third-order valence-electron chi connectivity index (χ3n) is 5.71. The van der Waals surface area contributed by atoms with E-state index < -0.39 is 34.4 Å². The maximum absolute atomic E-state index is 13.9. The molecule has 0 spiro atoms. The second-order valence-electron chi connectivity index (χ2n) is 8.26. The maximum atomic E-state index is 13.9. The molecule has 202 valence electrons. The van der Waals surface area contributed by atoms with Gasteiger partial charge in [0.2, 0.25) is 11.8 Å². The van der Waals surface area contributed by atoms with Crippen molar-refractivity contribution in [1.82, 2.24) is 10.2 Å². The van der Waals surface area contributed by atoms with Gasteiger partial charge >= 0.3 is 0 Å². The largest absolute Gasteiger partial charge is 0.357 e. The van der Waals surface area contributed by atoms with Crippen molar-refractivity contribution in [2.75, 3.05) is 17.9 Å². The van der Waals surface area contributed by atoms with Crippen molar-refractivity contribution in [2.45, 2.75) is 30.8 Å². The summed E-state index contributed by atoms with van der Waals surface area (Å²) in [5.41, 5.74) is 0.709. The summed E-state index contributed by atoms with van der Waals surface area (Å²) in [5, 5.41) is 3.57. The molecule has 7 nitrogen and oxygen atoms in total. The molecule has 0 heterocycles. The van der Waals surface area contributed by atoms with Gasteiger partial charge in [-0.25, -0.2) is 8.42 Å². The highest BCUT2D eigenvalue weighted by atomic mass is 35.5. The Bertz CT molecular complexity index is 1400. The zero-order valence-electron chi connectivity index (χ0n) is 20.5.